The Kier molecular flexibility index (Phi) is 4.97. The molecule has 2 rings (SSSR count). The number of hydrogen-bond acceptors (Lipinski definition) is 2. The molecule has 0 bridgehead atoms. The summed E-state index contributed by atoms with van der Waals surface area (Å²) in [5.74, 6) is 0.637. The minimum atomic E-state index is -0.206. The van der Waals surface area contributed by atoms with Crippen molar-refractivity contribution in [3.8, 4) is 5.75 Å². The average molecular weight is 287 g/mol. The second-order valence-corrected chi connectivity index (χ2v) is 5.24. The summed E-state index contributed by atoms with van der Waals surface area (Å²) < 4.78 is 18.9. The Labute approximate surface area is 126 Å². The highest BCUT2D eigenvalue weighted by Crippen LogP contribution is 2.32. The van der Waals surface area contributed by atoms with Gasteiger partial charge in [0.1, 0.15) is 11.6 Å². The van der Waals surface area contributed by atoms with Crippen molar-refractivity contribution in [2.45, 2.75) is 26.8 Å². The van der Waals surface area contributed by atoms with Crippen molar-refractivity contribution < 1.29 is 9.13 Å². The molecule has 1 atom stereocenters. The molecule has 0 aliphatic rings. The molecule has 112 valence electrons. The quantitative estimate of drug-likeness (QED) is 0.892. The zero-order valence-corrected chi connectivity index (χ0v) is 13.0. The van der Waals surface area contributed by atoms with Gasteiger partial charge in [-0.2, -0.15) is 0 Å². The lowest BCUT2D eigenvalue weighted by Gasteiger charge is -2.23. The van der Waals surface area contributed by atoms with Crippen LogP contribution in [0.1, 0.15) is 35.2 Å². The summed E-state index contributed by atoms with van der Waals surface area (Å²) in [5, 5.41) is 3.47. The van der Waals surface area contributed by atoms with Gasteiger partial charge in [0.05, 0.1) is 13.2 Å². The Bertz CT molecular complexity index is 625. The molecule has 0 saturated carbocycles. The molecule has 1 N–H and O–H groups in total. The second-order valence-electron chi connectivity index (χ2n) is 5.24. The number of hydrogen-bond donors (Lipinski definition) is 1. The van der Waals surface area contributed by atoms with Gasteiger partial charge in [-0.1, -0.05) is 30.7 Å². The number of aryl methyl sites for hydroxylation is 2. The van der Waals surface area contributed by atoms with Crippen LogP contribution in [0.4, 0.5) is 4.39 Å². The molecule has 0 fully saturated rings. The van der Waals surface area contributed by atoms with E-state index in [-0.39, 0.29) is 11.9 Å². The standard InChI is InChI=1S/C18H22FNO/c1-5-20-18(15-8-7-14(19)11-13(15)3)16-10-12(2)6-9-17(16)21-4/h6-11,18,20H,5H2,1-4H3. The van der Waals surface area contributed by atoms with E-state index in [1.54, 1.807) is 13.2 Å². The van der Waals surface area contributed by atoms with Gasteiger partial charge in [-0.3, -0.25) is 0 Å². The number of ether oxygens (including phenoxy) is 1. The molecule has 0 aliphatic carbocycles. The summed E-state index contributed by atoms with van der Waals surface area (Å²) >= 11 is 0. The van der Waals surface area contributed by atoms with Crippen LogP contribution < -0.4 is 10.1 Å². The number of nitrogens with one attached hydrogen (secondary N) is 1. The van der Waals surface area contributed by atoms with Crippen molar-refractivity contribution in [2.75, 3.05) is 13.7 Å². The first-order chi connectivity index (χ1) is 10.1. The van der Waals surface area contributed by atoms with E-state index in [1.807, 2.05) is 25.1 Å². The van der Waals surface area contributed by atoms with Crippen molar-refractivity contribution in [2.24, 2.45) is 0 Å². The van der Waals surface area contributed by atoms with Crippen LogP contribution in [0.2, 0.25) is 0 Å². The minimum Gasteiger partial charge on any atom is -0.496 e. The molecule has 21 heavy (non-hydrogen) atoms. The molecule has 0 saturated heterocycles. The molecule has 0 radical (unpaired) electrons. The first-order valence-corrected chi connectivity index (χ1v) is 7.20. The molecule has 0 aliphatic heterocycles. The molecule has 2 aromatic carbocycles. The van der Waals surface area contributed by atoms with Gasteiger partial charge in [-0.15, -0.1) is 0 Å². The Balaban J connectivity index is 2.55. The SMILES string of the molecule is CCNC(c1ccc(F)cc1C)c1cc(C)ccc1OC. The molecular formula is C18H22FNO. The Morgan fingerprint density at radius 2 is 1.86 bits per heavy atom. The van der Waals surface area contributed by atoms with Crippen molar-refractivity contribution >= 4 is 0 Å². The smallest absolute Gasteiger partial charge is 0.123 e. The zero-order chi connectivity index (χ0) is 15.4. The van der Waals surface area contributed by atoms with Crippen LogP contribution in [-0.4, -0.2) is 13.7 Å². The van der Waals surface area contributed by atoms with E-state index in [0.717, 1.165) is 29.0 Å². The highest BCUT2D eigenvalue weighted by Gasteiger charge is 2.19. The van der Waals surface area contributed by atoms with Crippen molar-refractivity contribution in [1.82, 2.24) is 5.32 Å². The largest absolute Gasteiger partial charge is 0.496 e. The summed E-state index contributed by atoms with van der Waals surface area (Å²) in [5.41, 5.74) is 4.26. The van der Waals surface area contributed by atoms with Crippen LogP contribution >= 0.6 is 0 Å². The maximum atomic E-state index is 13.4. The van der Waals surface area contributed by atoms with Gasteiger partial charge in [0.15, 0.2) is 0 Å². The average Bonchev–Trinajstić information content (AvgIpc) is 2.45. The molecular weight excluding hydrogens is 265 g/mol. The van der Waals surface area contributed by atoms with Crippen LogP contribution in [0.5, 0.6) is 5.75 Å². The fourth-order valence-corrected chi connectivity index (χ4v) is 2.63. The van der Waals surface area contributed by atoms with Crippen LogP contribution in [0.3, 0.4) is 0 Å². The van der Waals surface area contributed by atoms with Crippen LogP contribution in [0, 0.1) is 19.7 Å². The van der Waals surface area contributed by atoms with Gasteiger partial charge < -0.3 is 10.1 Å². The number of methoxy groups -OCH3 is 1. The normalized spacial score (nSPS) is 12.2. The third kappa shape index (κ3) is 3.42. The molecule has 2 nitrogen and oxygen atoms in total. The van der Waals surface area contributed by atoms with E-state index in [4.69, 9.17) is 4.74 Å². The molecule has 0 aromatic heterocycles. The van der Waals surface area contributed by atoms with E-state index >= 15 is 0 Å². The van der Waals surface area contributed by atoms with Gasteiger partial charge in [-0.05, 0) is 49.7 Å². The van der Waals surface area contributed by atoms with E-state index in [9.17, 15) is 4.39 Å². The Morgan fingerprint density at radius 1 is 1.10 bits per heavy atom. The third-order valence-electron chi connectivity index (χ3n) is 3.65. The van der Waals surface area contributed by atoms with E-state index in [2.05, 4.69) is 25.2 Å². The summed E-state index contributed by atoms with van der Waals surface area (Å²) in [7, 11) is 1.68. The lowest BCUT2D eigenvalue weighted by atomic mass is 9.93. The third-order valence-corrected chi connectivity index (χ3v) is 3.65. The fourth-order valence-electron chi connectivity index (χ4n) is 2.63. The van der Waals surface area contributed by atoms with E-state index < -0.39 is 0 Å². The second kappa shape index (κ2) is 6.72. The van der Waals surface area contributed by atoms with Crippen LogP contribution in [-0.2, 0) is 0 Å². The topological polar surface area (TPSA) is 21.3 Å². The number of rotatable bonds is 5. The minimum absolute atomic E-state index is 0.00884. The monoisotopic (exact) mass is 287 g/mol. The van der Waals surface area contributed by atoms with Gasteiger partial charge in [-0.25, -0.2) is 4.39 Å². The van der Waals surface area contributed by atoms with Gasteiger partial charge >= 0.3 is 0 Å². The van der Waals surface area contributed by atoms with Gasteiger partial charge in [0.2, 0.25) is 0 Å². The molecule has 3 heteroatoms. The summed E-state index contributed by atoms with van der Waals surface area (Å²) in [4.78, 5) is 0. The van der Waals surface area contributed by atoms with Crippen molar-refractivity contribution in [3.05, 3.63) is 64.5 Å². The molecule has 0 amide bonds. The maximum Gasteiger partial charge on any atom is 0.123 e. The fraction of sp³-hybridized carbons (Fsp3) is 0.333. The number of benzene rings is 2. The predicted molar refractivity (Wildman–Crippen MR) is 84.4 cm³/mol. The first kappa shape index (κ1) is 15.5. The van der Waals surface area contributed by atoms with Crippen LogP contribution in [0.15, 0.2) is 36.4 Å². The molecule has 0 heterocycles. The van der Waals surface area contributed by atoms with E-state index in [1.165, 1.54) is 11.6 Å². The zero-order valence-electron chi connectivity index (χ0n) is 13.0. The molecule has 1 unspecified atom stereocenters. The maximum absolute atomic E-state index is 13.4. The Morgan fingerprint density at radius 3 is 2.48 bits per heavy atom. The van der Waals surface area contributed by atoms with Crippen molar-refractivity contribution in [3.63, 3.8) is 0 Å². The summed E-state index contributed by atoms with van der Waals surface area (Å²) in [6.45, 7) is 6.88. The first-order valence-electron chi connectivity index (χ1n) is 7.20. The Hall–Kier alpha value is -1.87. The van der Waals surface area contributed by atoms with Gasteiger partial charge in [0.25, 0.3) is 0 Å². The number of halogens is 1. The lowest BCUT2D eigenvalue weighted by molar-refractivity contribution is 0.404. The van der Waals surface area contributed by atoms with Gasteiger partial charge in [0, 0.05) is 5.56 Å². The van der Waals surface area contributed by atoms with E-state index in [0.29, 0.717) is 0 Å². The van der Waals surface area contributed by atoms with Crippen LogP contribution in [0.25, 0.3) is 0 Å². The molecule has 2 aromatic rings. The highest BCUT2D eigenvalue weighted by molar-refractivity contribution is 5.45. The summed E-state index contributed by atoms with van der Waals surface area (Å²) in [6, 6.07) is 11.0. The van der Waals surface area contributed by atoms with Crippen molar-refractivity contribution in [1.29, 1.82) is 0 Å². The molecule has 0 spiro atoms. The lowest BCUT2D eigenvalue weighted by Crippen LogP contribution is -2.23. The summed E-state index contributed by atoms with van der Waals surface area (Å²) in [6.07, 6.45) is 0. The predicted octanol–water partition coefficient (Wildman–Crippen LogP) is 4.15. The highest BCUT2D eigenvalue weighted by atomic mass is 19.1.